The fourth-order valence-corrected chi connectivity index (χ4v) is 4.34. The van der Waals surface area contributed by atoms with Crippen LogP contribution in [0.2, 0.25) is 0 Å². The number of amides is 2. The Morgan fingerprint density at radius 1 is 1.06 bits per heavy atom. The molecule has 180 valence electrons. The lowest BCUT2D eigenvalue weighted by molar-refractivity contribution is -0.117. The van der Waals surface area contributed by atoms with Crippen LogP contribution in [-0.4, -0.2) is 34.5 Å². The smallest absolute Gasteiger partial charge is 0.410 e. The predicted octanol–water partition coefficient (Wildman–Crippen LogP) is 5.94. The molecule has 0 aliphatic rings. The average molecular weight is 481 g/mol. The second-order valence-corrected chi connectivity index (χ2v) is 8.99. The Hall–Kier alpha value is -3.39. The highest BCUT2D eigenvalue weighted by Gasteiger charge is 2.26. The van der Waals surface area contributed by atoms with Crippen LogP contribution in [0.3, 0.4) is 0 Å². The number of nitrogens with one attached hydrogen (secondary N) is 1. The number of nitrogens with zero attached hydrogens (tertiary/aromatic N) is 2. The van der Waals surface area contributed by atoms with Gasteiger partial charge < -0.3 is 15.8 Å². The van der Waals surface area contributed by atoms with Crippen molar-refractivity contribution in [3.8, 4) is 11.3 Å². The molecule has 0 aliphatic carbocycles. The van der Waals surface area contributed by atoms with Gasteiger partial charge in [0, 0.05) is 22.7 Å². The van der Waals surface area contributed by atoms with Crippen LogP contribution in [0.5, 0.6) is 0 Å². The van der Waals surface area contributed by atoms with Crippen LogP contribution in [0.1, 0.15) is 45.1 Å². The van der Waals surface area contributed by atoms with Gasteiger partial charge in [-0.2, -0.15) is 0 Å². The maximum absolute atomic E-state index is 13.0. The zero-order valence-electron chi connectivity index (χ0n) is 19.7. The SMILES string of the molecule is CCCC(CCC)N(CC(=O)Nc1ccc(-c2csc(N)n2)cc1)C(=O)OCc1ccccc1. The molecule has 0 spiro atoms. The van der Waals surface area contributed by atoms with E-state index in [1.54, 1.807) is 4.90 Å². The molecule has 3 rings (SSSR count). The quantitative estimate of drug-likeness (QED) is 0.354. The van der Waals surface area contributed by atoms with E-state index in [0.717, 1.165) is 42.5 Å². The van der Waals surface area contributed by atoms with Crippen LogP contribution < -0.4 is 11.1 Å². The Bertz CT molecular complexity index is 1050. The Morgan fingerprint density at radius 3 is 2.32 bits per heavy atom. The van der Waals surface area contributed by atoms with Crippen LogP contribution in [-0.2, 0) is 16.1 Å². The van der Waals surface area contributed by atoms with Crippen molar-refractivity contribution in [2.24, 2.45) is 0 Å². The maximum atomic E-state index is 13.0. The summed E-state index contributed by atoms with van der Waals surface area (Å²) < 4.78 is 5.57. The van der Waals surface area contributed by atoms with Crippen molar-refractivity contribution in [1.82, 2.24) is 9.88 Å². The topological polar surface area (TPSA) is 97.5 Å². The summed E-state index contributed by atoms with van der Waals surface area (Å²) >= 11 is 1.38. The van der Waals surface area contributed by atoms with Crippen LogP contribution in [0.25, 0.3) is 11.3 Å². The molecule has 1 aromatic heterocycles. The molecule has 0 fully saturated rings. The van der Waals surface area contributed by atoms with Crippen LogP contribution in [0.15, 0.2) is 60.0 Å². The average Bonchev–Trinajstić information content (AvgIpc) is 3.28. The molecule has 0 radical (unpaired) electrons. The zero-order chi connectivity index (χ0) is 24.3. The standard InChI is InChI=1S/C26H32N4O3S/c1-3-8-22(9-4-2)30(26(32)33-17-19-10-6-5-7-11-19)16-24(31)28-21-14-12-20(13-15-21)23-18-34-25(27)29-23/h5-7,10-15,18,22H,3-4,8-9,16-17H2,1-2H3,(H2,27,29)(H,28,31). The number of nitrogen functional groups attached to an aromatic ring is 1. The number of benzene rings is 2. The summed E-state index contributed by atoms with van der Waals surface area (Å²) in [6, 6.07) is 16.9. The van der Waals surface area contributed by atoms with E-state index in [4.69, 9.17) is 10.5 Å². The molecule has 3 N–H and O–H groups in total. The van der Waals surface area contributed by atoms with Crippen molar-refractivity contribution < 1.29 is 14.3 Å². The largest absolute Gasteiger partial charge is 0.445 e. The minimum absolute atomic E-state index is 0.0541. The molecule has 0 aliphatic heterocycles. The fraction of sp³-hybridized carbons (Fsp3) is 0.346. The number of carbonyl (C=O) groups is 2. The number of thiazole rings is 1. The lowest BCUT2D eigenvalue weighted by Gasteiger charge is -2.30. The Labute approximate surface area is 205 Å². The molecular weight excluding hydrogens is 448 g/mol. The molecule has 0 unspecified atom stereocenters. The summed E-state index contributed by atoms with van der Waals surface area (Å²) in [5, 5.41) is 5.30. The van der Waals surface area contributed by atoms with Crippen molar-refractivity contribution in [2.75, 3.05) is 17.6 Å². The molecule has 1 heterocycles. The summed E-state index contributed by atoms with van der Waals surface area (Å²) in [7, 11) is 0. The molecule has 7 nitrogen and oxygen atoms in total. The van der Waals surface area contributed by atoms with Gasteiger partial charge in [0.1, 0.15) is 13.2 Å². The maximum Gasteiger partial charge on any atom is 0.410 e. The molecule has 3 aromatic rings. The zero-order valence-corrected chi connectivity index (χ0v) is 20.5. The minimum Gasteiger partial charge on any atom is -0.445 e. The van der Waals surface area contributed by atoms with E-state index in [0.29, 0.717) is 10.8 Å². The van der Waals surface area contributed by atoms with Crippen molar-refractivity contribution in [3.63, 3.8) is 0 Å². The number of nitrogens with two attached hydrogens (primary N) is 1. The van der Waals surface area contributed by atoms with Gasteiger partial charge in [0.2, 0.25) is 5.91 Å². The van der Waals surface area contributed by atoms with E-state index in [9.17, 15) is 9.59 Å². The lowest BCUT2D eigenvalue weighted by Crippen LogP contribution is -2.45. The third-order valence-electron chi connectivity index (χ3n) is 5.42. The van der Waals surface area contributed by atoms with Crippen molar-refractivity contribution in [3.05, 3.63) is 65.5 Å². The third kappa shape index (κ3) is 7.31. The lowest BCUT2D eigenvalue weighted by atomic mass is 10.1. The predicted molar refractivity (Wildman–Crippen MR) is 138 cm³/mol. The highest BCUT2D eigenvalue weighted by atomic mass is 32.1. The molecule has 0 saturated heterocycles. The normalized spacial score (nSPS) is 10.8. The van der Waals surface area contributed by atoms with Crippen molar-refractivity contribution >= 4 is 34.2 Å². The number of hydrogen-bond acceptors (Lipinski definition) is 6. The number of hydrogen-bond donors (Lipinski definition) is 2. The Morgan fingerprint density at radius 2 is 1.74 bits per heavy atom. The van der Waals surface area contributed by atoms with Gasteiger partial charge in [0.05, 0.1) is 5.69 Å². The molecule has 8 heteroatoms. The van der Waals surface area contributed by atoms with E-state index in [1.807, 2.05) is 60.0 Å². The second-order valence-electron chi connectivity index (χ2n) is 8.10. The van der Waals surface area contributed by atoms with Gasteiger partial charge in [0.15, 0.2) is 5.13 Å². The Kier molecular flexibility index (Phi) is 9.46. The highest BCUT2D eigenvalue weighted by Crippen LogP contribution is 2.24. The van der Waals surface area contributed by atoms with Gasteiger partial charge in [-0.1, -0.05) is 69.2 Å². The fourth-order valence-electron chi connectivity index (χ4n) is 3.77. The first-order valence-corrected chi connectivity index (χ1v) is 12.5. The monoisotopic (exact) mass is 480 g/mol. The van der Waals surface area contributed by atoms with E-state index in [2.05, 4.69) is 24.1 Å². The summed E-state index contributed by atoms with van der Waals surface area (Å²) in [5.74, 6) is -0.264. The van der Waals surface area contributed by atoms with E-state index in [1.165, 1.54) is 11.3 Å². The number of ether oxygens (including phenoxy) is 1. The number of anilines is 2. The van der Waals surface area contributed by atoms with E-state index >= 15 is 0 Å². The summed E-state index contributed by atoms with van der Waals surface area (Å²) in [6.45, 7) is 4.26. The van der Waals surface area contributed by atoms with Gasteiger partial charge in [-0.3, -0.25) is 9.69 Å². The first-order chi connectivity index (χ1) is 16.5. The molecule has 34 heavy (non-hydrogen) atoms. The number of aromatic nitrogens is 1. The molecular formula is C26H32N4O3S. The third-order valence-corrected chi connectivity index (χ3v) is 6.10. The second kappa shape index (κ2) is 12.7. The van der Waals surface area contributed by atoms with Gasteiger partial charge in [-0.25, -0.2) is 9.78 Å². The number of carbonyl (C=O) groups excluding carboxylic acids is 2. The van der Waals surface area contributed by atoms with Gasteiger partial charge in [0.25, 0.3) is 0 Å². The molecule has 0 atom stereocenters. The molecule has 2 amide bonds. The van der Waals surface area contributed by atoms with Crippen LogP contribution >= 0.6 is 11.3 Å². The van der Waals surface area contributed by atoms with Gasteiger partial charge in [-0.15, -0.1) is 11.3 Å². The van der Waals surface area contributed by atoms with E-state index < -0.39 is 6.09 Å². The highest BCUT2D eigenvalue weighted by molar-refractivity contribution is 7.13. The van der Waals surface area contributed by atoms with Gasteiger partial charge >= 0.3 is 6.09 Å². The first kappa shape index (κ1) is 25.2. The Balaban J connectivity index is 1.66. The van der Waals surface area contributed by atoms with Crippen molar-refractivity contribution in [2.45, 2.75) is 52.2 Å². The molecule has 0 saturated carbocycles. The van der Waals surface area contributed by atoms with Crippen LogP contribution in [0, 0.1) is 0 Å². The molecule has 2 aromatic carbocycles. The molecule has 0 bridgehead atoms. The van der Waals surface area contributed by atoms with E-state index in [-0.39, 0.29) is 25.1 Å². The minimum atomic E-state index is -0.470. The number of rotatable bonds is 11. The summed E-state index contributed by atoms with van der Waals surface area (Å²) in [5.41, 5.74) is 8.99. The summed E-state index contributed by atoms with van der Waals surface area (Å²) in [4.78, 5) is 31.7. The summed E-state index contributed by atoms with van der Waals surface area (Å²) in [6.07, 6.45) is 2.98. The first-order valence-electron chi connectivity index (χ1n) is 11.6. The van der Waals surface area contributed by atoms with Gasteiger partial charge in [-0.05, 0) is 30.5 Å². The van der Waals surface area contributed by atoms with Crippen molar-refractivity contribution in [1.29, 1.82) is 0 Å². The van der Waals surface area contributed by atoms with Crippen LogP contribution in [0.4, 0.5) is 15.6 Å².